The summed E-state index contributed by atoms with van der Waals surface area (Å²) in [7, 11) is 0. The maximum Gasteiger partial charge on any atom is 0.107 e. The summed E-state index contributed by atoms with van der Waals surface area (Å²) in [5, 5.41) is 3.33. The van der Waals surface area contributed by atoms with E-state index in [-0.39, 0.29) is 5.60 Å². The van der Waals surface area contributed by atoms with Gasteiger partial charge in [-0.1, -0.05) is 0 Å². The van der Waals surface area contributed by atoms with Crippen molar-refractivity contribution in [3.8, 4) is 0 Å². The minimum Gasteiger partial charge on any atom is -0.378 e. The van der Waals surface area contributed by atoms with Gasteiger partial charge in [-0.3, -0.25) is 4.90 Å². The topological polar surface area (TPSA) is 34.6 Å². The molecule has 0 bridgehead atoms. The highest BCUT2D eigenvalue weighted by Crippen LogP contribution is 2.36. The van der Waals surface area contributed by atoms with Crippen LogP contribution in [0.1, 0.15) is 30.5 Å². The monoisotopic (exact) mass is 282 g/mol. The maximum absolute atomic E-state index is 6.01. The van der Waals surface area contributed by atoms with Gasteiger partial charge < -0.3 is 9.47 Å². The van der Waals surface area contributed by atoms with E-state index in [1.807, 2.05) is 0 Å². The number of aromatic nitrogens is 1. The highest BCUT2D eigenvalue weighted by atomic mass is 32.1. The van der Waals surface area contributed by atoms with E-state index in [9.17, 15) is 0 Å². The Morgan fingerprint density at radius 2 is 2.42 bits per heavy atom. The summed E-state index contributed by atoms with van der Waals surface area (Å²) in [4.78, 5) is 6.95. The smallest absolute Gasteiger partial charge is 0.107 e. The van der Waals surface area contributed by atoms with Gasteiger partial charge >= 0.3 is 0 Å². The lowest BCUT2D eigenvalue weighted by Crippen LogP contribution is -2.65. The fourth-order valence-corrected chi connectivity index (χ4v) is 3.94. The zero-order chi connectivity index (χ0) is 13.3. The molecule has 2 aliphatic rings. The van der Waals surface area contributed by atoms with Crippen LogP contribution in [0.15, 0.2) is 5.38 Å². The third kappa shape index (κ3) is 2.99. The second-order valence-electron chi connectivity index (χ2n) is 5.63. The molecular formula is C14H22N2O2S. The van der Waals surface area contributed by atoms with Gasteiger partial charge in [0, 0.05) is 43.8 Å². The lowest BCUT2D eigenvalue weighted by Gasteiger charge is -2.53. The van der Waals surface area contributed by atoms with Gasteiger partial charge in [-0.2, -0.15) is 0 Å². The largest absolute Gasteiger partial charge is 0.378 e. The number of thiazole rings is 1. The number of rotatable bonds is 4. The molecule has 0 radical (unpaired) electrons. The molecule has 1 atom stereocenters. The van der Waals surface area contributed by atoms with Crippen molar-refractivity contribution in [1.82, 2.24) is 9.88 Å². The Bertz CT molecular complexity index is 427. The molecule has 0 N–H and O–H groups in total. The van der Waals surface area contributed by atoms with E-state index in [4.69, 9.17) is 9.47 Å². The highest BCUT2D eigenvalue weighted by molar-refractivity contribution is 7.09. The van der Waals surface area contributed by atoms with E-state index >= 15 is 0 Å². The van der Waals surface area contributed by atoms with Gasteiger partial charge in [0.05, 0.1) is 18.2 Å². The minimum absolute atomic E-state index is 0.0599. The lowest BCUT2D eigenvalue weighted by molar-refractivity contribution is -0.198. The van der Waals surface area contributed by atoms with Crippen LogP contribution in [0.3, 0.4) is 0 Å². The Morgan fingerprint density at radius 1 is 1.58 bits per heavy atom. The Kier molecular flexibility index (Phi) is 3.89. The van der Waals surface area contributed by atoms with E-state index in [2.05, 4.69) is 29.1 Å². The van der Waals surface area contributed by atoms with E-state index < -0.39 is 0 Å². The summed E-state index contributed by atoms with van der Waals surface area (Å²) in [5.41, 5.74) is 1.19. The predicted octanol–water partition coefficient (Wildman–Crippen LogP) is 2.22. The van der Waals surface area contributed by atoms with Crippen molar-refractivity contribution in [2.75, 3.05) is 26.3 Å². The van der Waals surface area contributed by atoms with Gasteiger partial charge in [0.15, 0.2) is 0 Å². The van der Waals surface area contributed by atoms with Crippen molar-refractivity contribution >= 4 is 11.3 Å². The minimum atomic E-state index is 0.0599. The summed E-state index contributed by atoms with van der Waals surface area (Å²) in [6.45, 7) is 8.78. The summed E-state index contributed by atoms with van der Waals surface area (Å²) in [6, 6.07) is 0. The van der Waals surface area contributed by atoms with Crippen LogP contribution in [0.25, 0.3) is 0 Å². The average Bonchev–Trinajstić information content (AvgIpc) is 2.74. The third-order valence-electron chi connectivity index (χ3n) is 3.90. The van der Waals surface area contributed by atoms with E-state index in [0.29, 0.717) is 6.10 Å². The van der Waals surface area contributed by atoms with Crippen molar-refractivity contribution in [1.29, 1.82) is 0 Å². The number of likely N-dealkylation sites (tertiary alicyclic amines) is 1. The number of ether oxygens (including phenoxy) is 2. The second-order valence-corrected chi connectivity index (χ2v) is 6.57. The fraction of sp³-hybridized carbons (Fsp3) is 0.786. The molecule has 2 aliphatic heterocycles. The Hall–Kier alpha value is -0.490. The zero-order valence-electron chi connectivity index (χ0n) is 11.7. The third-order valence-corrected chi connectivity index (χ3v) is 4.85. The fourth-order valence-electron chi connectivity index (χ4n) is 3.13. The zero-order valence-corrected chi connectivity index (χ0v) is 12.5. The lowest BCUT2D eigenvalue weighted by atomic mass is 9.85. The molecule has 0 saturated carbocycles. The highest BCUT2D eigenvalue weighted by Gasteiger charge is 2.47. The number of hydrogen-bond donors (Lipinski definition) is 0. The molecule has 1 aromatic rings. The normalized spacial score (nSPS) is 26.5. The van der Waals surface area contributed by atoms with Crippen LogP contribution in [0.5, 0.6) is 0 Å². The molecule has 19 heavy (non-hydrogen) atoms. The molecule has 0 unspecified atom stereocenters. The number of nitrogens with zero attached hydrogens (tertiary/aromatic N) is 2. The van der Waals surface area contributed by atoms with Crippen LogP contribution >= 0.6 is 11.3 Å². The molecule has 0 aromatic carbocycles. The predicted molar refractivity (Wildman–Crippen MR) is 75.5 cm³/mol. The molecule has 2 saturated heterocycles. The first-order valence-corrected chi connectivity index (χ1v) is 7.96. The van der Waals surface area contributed by atoms with Crippen molar-refractivity contribution < 1.29 is 9.47 Å². The molecule has 1 spiro atoms. The van der Waals surface area contributed by atoms with Crippen LogP contribution in [-0.4, -0.2) is 47.9 Å². The van der Waals surface area contributed by atoms with Crippen molar-refractivity contribution in [3.05, 3.63) is 16.1 Å². The van der Waals surface area contributed by atoms with Gasteiger partial charge in [0.2, 0.25) is 0 Å². The van der Waals surface area contributed by atoms with Gasteiger partial charge in [0.1, 0.15) is 5.01 Å². The first-order valence-electron chi connectivity index (χ1n) is 7.08. The molecule has 0 amide bonds. The van der Waals surface area contributed by atoms with Crippen LogP contribution in [0.2, 0.25) is 0 Å². The van der Waals surface area contributed by atoms with Gasteiger partial charge in [-0.05, 0) is 20.3 Å². The van der Waals surface area contributed by atoms with Crippen molar-refractivity contribution in [2.45, 2.75) is 44.9 Å². The van der Waals surface area contributed by atoms with E-state index in [1.54, 1.807) is 11.3 Å². The van der Waals surface area contributed by atoms with E-state index in [0.717, 1.165) is 51.4 Å². The number of hydrogen-bond acceptors (Lipinski definition) is 5. The first-order chi connectivity index (χ1) is 9.19. The molecule has 0 aliphatic carbocycles. The standard InChI is InChI=1S/C14H22N2O2S/c1-3-17-12-4-5-18-14(6-12)9-16(10-14)7-13-15-11(2)8-19-13/h8,12H,3-7,9-10H2,1-2H3/t12-/m1/s1. The number of aryl methyl sites for hydroxylation is 1. The first kappa shape index (κ1) is 13.5. The molecule has 1 aromatic heterocycles. The van der Waals surface area contributed by atoms with Gasteiger partial charge in [0.25, 0.3) is 0 Å². The summed E-state index contributed by atoms with van der Waals surface area (Å²) in [5.74, 6) is 0. The van der Waals surface area contributed by atoms with Crippen LogP contribution in [0, 0.1) is 6.92 Å². The van der Waals surface area contributed by atoms with Gasteiger partial charge in [-0.15, -0.1) is 11.3 Å². The molecular weight excluding hydrogens is 260 g/mol. The molecule has 2 fully saturated rings. The van der Waals surface area contributed by atoms with Gasteiger partial charge in [-0.25, -0.2) is 4.98 Å². The van der Waals surface area contributed by atoms with Crippen molar-refractivity contribution in [2.24, 2.45) is 0 Å². The Morgan fingerprint density at radius 3 is 3.11 bits per heavy atom. The summed E-state index contributed by atoms with van der Waals surface area (Å²) in [6.07, 6.45) is 2.48. The quantitative estimate of drug-likeness (QED) is 0.848. The summed E-state index contributed by atoms with van der Waals surface area (Å²) < 4.78 is 11.8. The Balaban J connectivity index is 1.51. The average molecular weight is 282 g/mol. The molecule has 4 nitrogen and oxygen atoms in total. The molecule has 106 valence electrons. The van der Waals surface area contributed by atoms with Crippen LogP contribution in [0.4, 0.5) is 0 Å². The Labute approximate surface area is 118 Å². The summed E-state index contributed by atoms with van der Waals surface area (Å²) >= 11 is 1.75. The van der Waals surface area contributed by atoms with Crippen molar-refractivity contribution in [3.63, 3.8) is 0 Å². The molecule has 5 heteroatoms. The van der Waals surface area contributed by atoms with Crippen LogP contribution in [-0.2, 0) is 16.0 Å². The SMILES string of the molecule is CCO[C@@H]1CCOC2(C1)CN(Cc1nc(C)cs1)C2. The van der Waals surface area contributed by atoms with E-state index in [1.165, 1.54) is 5.01 Å². The maximum atomic E-state index is 6.01. The van der Waals surface area contributed by atoms with Crippen LogP contribution < -0.4 is 0 Å². The molecule has 3 rings (SSSR count). The molecule has 3 heterocycles. The second kappa shape index (κ2) is 5.48.